The van der Waals surface area contributed by atoms with Gasteiger partial charge in [-0.15, -0.1) is 21.5 Å². The molecule has 1 saturated carbocycles. The molecule has 2 aromatic rings. The number of carbonyl (C=O) groups is 1. The van der Waals surface area contributed by atoms with Crippen molar-refractivity contribution < 1.29 is 4.79 Å². The van der Waals surface area contributed by atoms with Crippen LogP contribution in [0.5, 0.6) is 0 Å². The zero-order valence-corrected chi connectivity index (χ0v) is 16.0. The van der Waals surface area contributed by atoms with Crippen molar-refractivity contribution in [2.75, 3.05) is 31.1 Å². The summed E-state index contributed by atoms with van der Waals surface area (Å²) in [6.07, 6.45) is 7.14. The topological polar surface area (TPSA) is 49.3 Å². The summed E-state index contributed by atoms with van der Waals surface area (Å²) < 4.78 is 0. The number of aromatic nitrogens is 2. The fraction of sp³-hybridized carbons (Fsp3) is 0.550. The third kappa shape index (κ3) is 4.06. The van der Waals surface area contributed by atoms with E-state index in [2.05, 4.69) is 21.2 Å². The first-order chi connectivity index (χ1) is 12.8. The summed E-state index contributed by atoms with van der Waals surface area (Å²) in [6.45, 7) is 3.25. The van der Waals surface area contributed by atoms with Crippen LogP contribution in [0.1, 0.15) is 38.5 Å². The van der Waals surface area contributed by atoms with Gasteiger partial charge in [0.2, 0.25) is 5.91 Å². The Balaban J connectivity index is 1.27. The molecule has 2 fully saturated rings. The number of hydrogen-bond donors (Lipinski definition) is 0. The highest BCUT2D eigenvalue weighted by molar-refractivity contribution is 7.13. The highest BCUT2D eigenvalue weighted by atomic mass is 32.1. The predicted molar refractivity (Wildman–Crippen MR) is 105 cm³/mol. The van der Waals surface area contributed by atoms with Gasteiger partial charge in [0, 0.05) is 32.6 Å². The van der Waals surface area contributed by atoms with Crippen LogP contribution in [0.3, 0.4) is 0 Å². The van der Waals surface area contributed by atoms with Gasteiger partial charge >= 0.3 is 0 Å². The van der Waals surface area contributed by atoms with E-state index in [1.165, 1.54) is 25.7 Å². The normalized spacial score (nSPS) is 18.5. The van der Waals surface area contributed by atoms with E-state index < -0.39 is 0 Å². The Morgan fingerprint density at radius 3 is 2.54 bits per heavy atom. The van der Waals surface area contributed by atoms with Crippen molar-refractivity contribution in [3.8, 4) is 10.6 Å². The second-order valence-corrected chi connectivity index (χ2v) is 8.26. The van der Waals surface area contributed by atoms with Gasteiger partial charge in [-0.1, -0.05) is 31.7 Å². The predicted octanol–water partition coefficient (Wildman–Crippen LogP) is 3.82. The summed E-state index contributed by atoms with van der Waals surface area (Å²) in [5.74, 6) is 2.02. The Morgan fingerprint density at radius 1 is 1.08 bits per heavy atom. The largest absolute Gasteiger partial charge is 0.352 e. The van der Waals surface area contributed by atoms with Crippen molar-refractivity contribution >= 4 is 23.1 Å². The van der Waals surface area contributed by atoms with Gasteiger partial charge in [-0.25, -0.2) is 0 Å². The van der Waals surface area contributed by atoms with Crippen LogP contribution in [0.15, 0.2) is 29.6 Å². The van der Waals surface area contributed by atoms with Gasteiger partial charge in [-0.3, -0.25) is 4.79 Å². The van der Waals surface area contributed by atoms with E-state index in [9.17, 15) is 4.79 Å². The van der Waals surface area contributed by atoms with Crippen LogP contribution in [0, 0.1) is 5.92 Å². The minimum atomic E-state index is 0.329. The lowest BCUT2D eigenvalue weighted by Gasteiger charge is -2.35. The molecule has 0 aromatic carbocycles. The molecule has 0 bridgehead atoms. The van der Waals surface area contributed by atoms with Gasteiger partial charge in [0.05, 0.1) is 4.88 Å². The van der Waals surface area contributed by atoms with Gasteiger partial charge in [0.15, 0.2) is 5.82 Å². The van der Waals surface area contributed by atoms with E-state index in [1.807, 2.05) is 28.5 Å². The van der Waals surface area contributed by atoms with Crippen molar-refractivity contribution in [2.45, 2.75) is 38.5 Å². The second kappa shape index (κ2) is 8.16. The molecule has 0 radical (unpaired) electrons. The van der Waals surface area contributed by atoms with Crippen molar-refractivity contribution in [3.05, 3.63) is 29.6 Å². The van der Waals surface area contributed by atoms with Crippen LogP contribution < -0.4 is 4.90 Å². The summed E-state index contributed by atoms with van der Waals surface area (Å²) in [5, 5.41) is 10.8. The Hall–Kier alpha value is -1.95. The first-order valence-corrected chi connectivity index (χ1v) is 10.6. The lowest BCUT2D eigenvalue weighted by atomic mass is 10.0. The first-order valence-electron chi connectivity index (χ1n) is 9.70. The standard InChI is InChI=1S/C20H26N4OS/c25-20(10-7-16-4-1-2-5-16)24-13-11-23(12-14-24)19-9-8-17(21-22-19)18-6-3-15-26-18/h3,6,8-9,15-16H,1-2,4-5,7,10-14H2. The van der Waals surface area contributed by atoms with E-state index in [-0.39, 0.29) is 0 Å². The highest BCUT2D eigenvalue weighted by Crippen LogP contribution is 2.29. The van der Waals surface area contributed by atoms with E-state index >= 15 is 0 Å². The lowest BCUT2D eigenvalue weighted by molar-refractivity contribution is -0.131. The molecule has 2 aromatic heterocycles. The summed E-state index contributed by atoms with van der Waals surface area (Å²) in [7, 11) is 0. The molecule has 4 rings (SSSR count). The third-order valence-electron chi connectivity index (χ3n) is 5.62. The lowest BCUT2D eigenvalue weighted by Crippen LogP contribution is -2.49. The maximum Gasteiger partial charge on any atom is 0.222 e. The summed E-state index contributed by atoms with van der Waals surface area (Å²) >= 11 is 1.67. The summed E-state index contributed by atoms with van der Waals surface area (Å²) in [5.41, 5.74) is 0.921. The summed E-state index contributed by atoms with van der Waals surface area (Å²) in [4.78, 5) is 17.8. The molecule has 0 spiro atoms. The zero-order chi connectivity index (χ0) is 17.8. The average Bonchev–Trinajstić information content (AvgIpc) is 3.40. The maximum atomic E-state index is 12.5. The molecule has 1 aliphatic heterocycles. The zero-order valence-electron chi connectivity index (χ0n) is 15.1. The Labute approximate surface area is 159 Å². The van der Waals surface area contributed by atoms with Crippen LogP contribution >= 0.6 is 11.3 Å². The number of thiophene rings is 1. The number of rotatable bonds is 5. The van der Waals surface area contributed by atoms with Crippen LogP contribution in [-0.4, -0.2) is 47.2 Å². The maximum absolute atomic E-state index is 12.5. The number of anilines is 1. The number of carbonyl (C=O) groups excluding carboxylic acids is 1. The molecule has 5 nitrogen and oxygen atoms in total. The minimum absolute atomic E-state index is 0.329. The van der Waals surface area contributed by atoms with E-state index in [1.54, 1.807) is 11.3 Å². The van der Waals surface area contributed by atoms with E-state index in [0.29, 0.717) is 5.91 Å². The molecule has 0 atom stereocenters. The van der Waals surface area contributed by atoms with Crippen molar-refractivity contribution in [1.82, 2.24) is 15.1 Å². The summed E-state index contributed by atoms with van der Waals surface area (Å²) in [6, 6.07) is 8.16. The number of piperazine rings is 1. The van der Waals surface area contributed by atoms with Crippen LogP contribution in [0.4, 0.5) is 5.82 Å². The van der Waals surface area contributed by atoms with Gasteiger partial charge < -0.3 is 9.80 Å². The molecule has 2 aliphatic rings. The molecule has 0 unspecified atom stereocenters. The van der Waals surface area contributed by atoms with Crippen LogP contribution in [-0.2, 0) is 4.79 Å². The Bertz CT molecular complexity index is 702. The average molecular weight is 371 g/mol. The fourth-order valence-corrected chi connectivity index (χ4v) is 4.71. The monoisotopic (exact) mass is 370 g/mol. The third-order valence-corrected chi connectivity index (χ3v) is 6.51. The number of amides is 1. The first kappa shape index (κ1) is 17.5. The Morgan fingerprint density at radius 2 is 1.88 bits per heavy atom. The molecule has 138 valence electrons. The SMILES string of the molecule is O=C(CCC1CCCC1)N1CCN(c2ccc(-c3cccs3)nn2)CC1. The number of hydrogen-bond acceptors (Lipinski definition) is 5. The minimum Gasteiger partial charge on any atom is -0.352 e. The molecular formula is C20H26N4OS. The quantitative estimate of drug-likeness (QED) is 0.803. The van der Waals surface area contributed by atoms with Gasteiger partial charge in [-0.05, 0) is 35.9 Å². The fourth-order valence-electron chi connectivity index (χ4n) is 4.02. The van der Waals surface area contributed by atoms with Crippen LogP contribution in [0.25, 0.3) is 10.6 Å². The molecule has 0 N–H and O–H groups in total. The van der Waals surface area contributed by atoms with Gasteiger partial charge in [-0.2, -0.15) is 0 Å². The molecule has 3 heterocycles. The van der Waals surface area contributed by atoms with Gasteiger partial charge in [0.1, 0.15) is 5.69 Å². The molecule has 1 amide bonds. The molecule has 6 heteroatoms. The highest BCUT2D eigenvalue weighted by Gasteiger charge is 2.23. The van der Waals surface area contributed by atoms with Crippen molar-refractivity contribution in [2.24, 2.45) is 5.92 Å². The molecule has 1 saturated heterocycles. The van der Waals surface area contributed by atoms with Crippen molar-refractivity contribution in [1.29, 1.82) is 0 Å². The number of nitrogens with zero attached hydrogens (tertiary/aromatic N) is 4. The Kier molecular flexibility index (Phi) is 5.48. The molecular weight excluding hydrogens is 344 g/mol. The second-order valence-electron chi connectivity index (χ2n) is 7.31. The van der Waals surface area contributed by atoms with Crippen molar-refractivity contribution in [3.63, 3.8) is 0 Å². The molecule has 26 heavy (non-hydrogen) atoms. The smallest absolute Gasteiger partial charge is 0.222 e. The molecule has 1 aliphatic carbocycles. The van der Waals surface area contributed by atoms with E-state index in [4.69, 9.17) is 0 Å². The van der Waals surface area contributed by atoms with Crippen LogP contribution in [0.2, 0.25) is 0 Å². The van der Waals surface area contributed by atoms with E-state index in [0.717, 1.165) is 61.3 Å². The van der Waals surface area contributed by atoms with Gasteiger partial charge in [0.25, 0.3) is 0 Å².